The number of benzene rings is 1. The predicted molar refractivity (Wildman–Crippen MR) is 66.6 cm³/mol. The van der Waals surface area contributed by atoms with Crippen LogP contribution in [0.15, 0.2) is 24.3 Å². The monoisotopic (exact) mass is 234 g/mol. The first-order valence-corrected chi connectivity index (χ1v) is 5.71. The molecule has 0 heterocycles. The molecule has 0 spiro atoms. The first kappa shape index (κ1) is 13.7. The summed E-state index contributed by atoms with van der Waals surface area (Å²) in [4.78, 5) is 0. The molecule has 0 bridgehead atoms. The van der Waals surface area contributed by atoms with Crippen LogP contribution >= 0.6 is 0 Å². The van der Waals surface area contributed by atoms with Gasteiger partial charge in [0, 0.05) is 12.2 Å². The molecule has 0 aliphatic rings. The zero-order valence-electron chi connectivity index (χ0n) is 10.1. The molecule has 3 heteroatoms. The molecule has 0 aromatic heterocycles. The van der Waals surface area contributed by atoms with Crippen molar-refractivity contribution >= 4 is 0 Å². The first-order chi connectivity index (χ1) is 8.36. The molecule has 3 nitrogen and oxygen atoms in total. The van der Waals surface area contributed by atoms with E-state index in [0.717, 1.165) is 17.7 Å². The van der Waals surface area contributed by atoms with Gasteiger partial charge >= 0.3 is 0 Å². The van der Waals surface area contributed by atoms with E-state index >= 15 is 0 Å². The van der Waals surface area contributed by atoms with Crippen molar-refractivity contribution in [2.75, 3.05) is 26.4 Å². The van der Waals surface area contributed by atoms with E-state index in [4.69, 9.17) is 14.6 Å². The van der Waals surface area contributed by atoms with Gasteiger partial charge in [-0.25, -0.2) is 0 Å². The number of aliphatic hydroxyl groups excluding tert-OH is 1. The highest BCUT2D eigenvalue weighted by molar-refractivity contribution is 5.36. The maximum atomic E-state index is 8.61. The molecule has 1 N–H and O–H groups in total. The second-order valence-corrected chi connectivity index (χ2v) is 3.41. The van der Waals surface area contributed by atoms with Crippen molar-refractivity contribution < 1.29 is 14.6 Å². The van der Waals surface area contributed by atoms with Crippen LogP contribution in [0.4, 0.5) is 0 Å². The van der Waals surface area contributed by atoms with Crippen LogP contribution in [0.5, 0.6) is 0 Å². The Kier molecular flexibility index (Phi) is 7.08. The summed E-state index contributed by atoms with van der Waals surface area (Å²) in [5, 5.41) is 8.61. The quantitative estimate of drug-likeness (QED) is 0.600. The van der Waals surface area contributed by atoms with Crippen LogP contribution < -0.4 is 0 Å². The fraction of sp³-hybridized carbons (Fsp3) is 0.429. The topological polar surface area (TPSA) is 38.7 Å². The first-order valence-electron chi connectivity index (χ1n) is 5.71. The van der Waals surface area contributed by atoms with Gasteiger partial charge in [0.05, 0.1) is 19.8 Å². The molecule has 1 aromatic rings. The van der Waals surface area contributed by atoms with Crippen molar-refractivity contribution in [1.82, 2.24) is 0 Å². The van der Waals surface area contributed by atoms with Crippen LogP contribution in [-0.2, 0) is 16.1 Å². The highest BCUT2D eigenvalue weighted by Crippen LogP contribution is 2.05. The summed E-state index contributed by atoms with van der Waals surface area (Å²) in [6.07, 6.45) is 0. The minimum atomic E-state index is -0.116. The van der Waals surface area contributed by atoms with Gasteiger partial charge in [-0.15, -0.1) is 0 Å². The van der Waals surface area contributed by atoms with E-state index in [9.17, 15) is 0 Å². The lowest BCUT2D eigenvalue weighted by Gasteiger charge is -2.04. The third-order valence-electron chi connectivity index (χ3n) is 2.08. The molecule has 0 amide bonds. The Labute approximate surface area is 102 Å². The summed E-state index contributed by atoms with van der Waals surface area (Å²) in [7, 11) is 0. The molecule has 0 aliphatic carbocycles. The minimum absolute atomic E-state index is 0.116. The molecule has 0 atom stereocenters. The molecule has 1 rings (SSSR count). The number of ether oxygens (including phenoxy) is 2. The van der Waals surface area contributed by atoms with Gasteiger partial charge in [0.2, 0.25) is 0 Å². The lowest BCUT2D eigenvalue weighted by Crippen LogP contribution is -2.03. The summed E-state index contributed by atoms with van der Waals surface area (Å²) in [5.41, 5.74) is 1.97. The zero-order valence-corrected chi connectivity index (χ0v) is 10.1. The van der Waals surface area contributed by atoms with Crippen molar-refractivity contribution in [3.8, 4) is 11.8 Å². The summed E-state index contributed by atoms with van der Waals surface area (Å²) >= 11 is 0. The normalized spacial score (nSPS) is 9.76. The van der Waals surface area contributed by atoms with E-state index in [1.54, 1.807) is 0 Å². The summed E-state index contributed by atoms with van der Waals surface area (Å²) < 4.78 is 10.6. The largest absolute Gasteiger partial charge is 0.384 e. The van der Waals surface area contributed by atoms with Crippen LogP contribution in [0.1, 0.15) is 18.1 Å². The van der Waals surface area contributed by atoms with Crippen molar-refractivity contribution in [2.24, 2.45) is 0 Å². The molecule has 0 saturated heterocycles. The fourth-order valence-electron chi connectivity index (χ4n) is 1.33. The molecule has 0 saturated carbocycles. The Morgan fingerprint density at radius 2 is 2.06 bits per heavy atom. The second-order valence-electron chi connectivity index (χ2n) is 3.41. The van der Waals surface area contributed by atoms with E-state index < -0.39 is 0 Å². The van der Waals surface area contributed by atoms with Gasteiger partial charge in [-0.05, 0) is 24.6 Å². The Morgan fingerprint density at radius 1 is 1.24 bits per heavy atom. The van der Waals surface area contributed by atoms with Crippen LogP contribution in [-0.4, -0.2) is 31.5 Å². The van der Waals surface area contributed by atoms with Gasteiger partial charge in [-0.1, -0.05) is 24.0 Å². The highest BCUT2D eigenvalue weighted by Gasteiger charge is 1.94. The van der Waals surface area contributed by atoms with Gasteiger partial charge in [0.15, 0.2) is 0 Å². The van der Waals surface area contributed by atoms with Crippen LogP contribution in [0.2, 0.25) is 0 Å². The van der Waals surface area contributed by atoms with E-state index in [1.807, 2.05) is 31.2 Å². The van der Waals surface area contributed by atoms with Crippen LogP contribution in [0.3, 0.4) is 0 Å². The average Bonchev–Trinajstić information content (AvgIpc) is 2.37. The molecule has 0 aliphatic heterocycles. The van der Waals surface area contributed by atoms with Crippen molar-refractivity contribution in [2.45, 2.75) is 13.5 Å². The second kappa shape index (κ2) is 8.77. The van der Waals surface area contributed by atoms with Crippen molar-refractivity contribution in [3.63, 3.8) is 0 Å². The standard InChI is InChI=1S/C14H18O3/c1-2-16-9-10-17-12-14-6-3-5-13(11-14)7-4-8-15/h3,5-6,11,15H,2,8-10,12H2,1H3. The fourth-order valence-corrected chi connectivity index (χ4v) is 1.33. The van der Waals surface area contributed by atoms with Crippen LogP contribution in [0.25, 0.3) is 0 Å². The van der Waals surface area contributed by atoms with Crippen molar-refractivity contribution in [3.05, 3.63) is 35.4 Å². The third-order valence-corrected chi connectivity index (χ3v) is 2.08. The van der Waals surface area contributed by atoms with Crippen LogP contribution in [0, 0.1) is 11.8 Å². The van der Waals surface area contributed by atoms with Gasteiger partial charge in [0.1, 0.15) is 6.61 Å². The lowest BCUT2D eigenvalue weighted by molar-refractivity contribution is 0.0453. The Morgan fingerprint density at radius 3 is 2.82 bits per heavy atom. The molecule has 17 heavy (non-hydrogen) atoms. The zero-order chi connectivity index (χ0) is 12.3. The van der Waals surface area contributed by atoms with Gasteiger partial charge in [-0.2, -0.15) is 0 Å². The highest BCUT2D eigenvalue weighted by atomic mass is 16.5. The maximum Gasteiger partial charge on any atom is 0.104 e. The predicted octanol–water partition coefficient (Wildman–Crippen LogP) is 1.58. The third kappa shape index (κ3) is 6.08. The minimum Gasteiger partial charge on any atom is -0.384 e. The Bertz CT molecular complexity index is 377. The lowest BCUT2D eigenvalue weighted by atomic mass is 10.1. The van der Waals surface area contributed by atoms with Gasteiger partial charge in [-0.3, -0.25) is 0 Å². The number of hydrogen-bond donors (Lipinski definition) is 1. The molecule has 0 fully saturated rings. The number of hydrogen-bond acceptors (Lipinski definition) is 3. The Hall–Kier alpha value is -1.34. The molecule has 0 radical (unpaired) electrons. The number of aliphatic hydroxyl groups is 1. The molecule has 0 unspecified atom stereocenters. The summed E-state index contributed by atoms with van der Waals surface area (Å²) in [5.74, 6) is 5.49. The Balaban J connectivity index is 2.38. The average molecular weight is 234 g/mol. The van der Waals surface area contributed by atoms with Gasteiger partial charge in [0.25, 0.3) is 0 Å². The maximum absolute atomic E-state index is 8.61. The molecular weight excluding hydrogens is 216 g/mol. The smallest absolute Gasteiger partial charge is 0.104 e. The summed E-state index contributed by atoms with van der Waals surface area (Å²) in [6, 6.07) is 7.79. The van der Waals surface area contributed by atoms with Gasteiger partial charge < -0.3 is 14.6 Å². The van der Waals surface area contributed by atoms with E-state index in [2.05, 4.69) is 11.8 Å². The van der Waals surface area contributed by atoms with E-state index in [1.165, 1.54) is 0 Å². The SMILES string of the molecule is CCOCCOCc1cccc(C#CCO)c1. The van der Waals surface area contributed by atoms with E-state index in [0.29, 0.717) is 19.8 Å². The molecule has 92 valence electrons. The van der Waals surface area contributed by atoms with Crippen molar-refractivity contribution in [1.29, 1.82) is 0 Å². The molecule has 1 aromatic carbocycles. The number of rotatable bonds is 6. The van der Waals surface area contributed by atoms with E-state index in [-0.39, 0.29) is 6.61 Å². The molecular formula is C14H18O3. The summed E-state index contributed by atoms with van der Waals surface area (Å²) in [6.45, 7) is 4.34.